The molecule has 0 aliphatic carbocycles. The Bertz CT molecular complexity index is 538. The summed E-state index contributed by atoms with van der Waals surface area (Å²) in [7, 11) is -3.73. The molecule has 0 aliphatic heterocycles. The fourth-order valence-electron chi connectivity index (χ4n) is 1.61. The molecule has 1 unspecified atom stereocenters. The molecule has 0 fully saturated rings. The molecule has 1 aromatic rings. The first-order valence-corrected chi connectivity index (χ1v) is 7.11. The van der Waals surface area contributed by atoms with E-state index in [0.29, 0.717) is 5.56 Å². The molecule has 0 spiro atoms. The Balaban J connectivity index is 3.09. The summed E-state index contributed by atoms with van der Waals surface area (Å²) in [4.78, 5) is 11.4. The van der Waals surface area contributed by atoms with Crippen LogP contribution < -0.4 is 10.5 Å². The highest BCUT2D eigenvalue weighted by Gasteiger charge is 2.27. The number of carbonyl (C=O) groups is 1. The van der Waals surface area contributed by atoms with Crippen LogP contribution >= 0.6 is 0 Å². The highest BCUT2D eigenvalue weighted by Crippen LogP contribution is 2.15. The van der Waals surface area contributed by atoms with Crippen LogP contribution in [0.1, 0.15) is 19.4 Å². The van der Waals surface area contributed by atoms with Crippen LogP contribution in [0.4, 0.5) is 0 Å². The van der Waals surface area contributed by atoms with Gasteiger partial charge in [-0.15, -0.1) is 0 Å². The largest absolute Gasteiger partial charge is 0.368 e. The minimum atomic E-state index is -3.73. The van der Waals surface area contributed by atoms with Gasteiger partial charge in [0.15, 0.2) is 0 Å². The van der Waals surface area contributed by atoms with E-state index in [1.807, 2.05) is 0 Å². The minimum Gasteiger partial charge on any atom is -0.368 e. The number of nitrogens with one attached hydrogen (secondary N) is 1. The van der Waals surface area contributed by atoms with E-state index in [9.17, 15) is 13.2 Å². The quantitative estimate of drug-likeness (QED) is 0.828. The van der Waals surface area contributed by atoms with Gasteiger partial charge in [0.1, 0.15) is 6.04 Å². The highest BCUT2D eigenvalue weighted by molar-refractivity contribution is 7.89. The summed E-state index contributed by atoms with van der Waals surface area (Å²) < 4.78 is 26.7. The molecule has 0 heterocycles. The van der Waals surface area contributed by atoms with Crippen LogP contribution in [-0.4, -0.2) is 20.4 Å². The predicted molar refractivity (Wildman–Crippen MR) is 69.3 cm³/mol. The van der Waals surface area contributed by atoms with Gasteiger partial charge in [0.25, 0.3) is 0 Å². The van der Waals surface area contributed by atoms with Gasteiger partial charge in [-0.1, -0.05) is 32.0 Å². The summed E-state index contributed by atoms with van der Waals surface area (Å²) in [5.74, 6) is -0.886. The second-order valence-corrected chi connectivity index (χ2v) is 6.19. The first-order chi connectivity index (χ1) is 8.25. The smallest absolute Gasteiger partial charge is 0.241 e. The number of rotatable bonds is 5. The molecule has 5 nitrogen and oxygen atoms in total. The summed E-state index contributed by atoms with van der Waals surface area (Å²) in [6.45, 7) is 5.16. The van der Waals surface area contributed by atoms with E-state index >= 15 is 0 Å². The Morgan fingerprint density at radius 2 is 1.83 bits per heavy atom. The number of hydrogen-bond acceptors (Lipinski definition) is 3. The van der Waals surface area contributed by atoms with Gasteiger partial charge in [-0.25, -0.2) is 8.42 Å². The molecule has 6 heteroatoms. The molecular formula is C12H18N2O3S. The fourth-order valence-corrected chi connectivity index (χ4v) is 3.21. The maximum Gasteiger partial charge on any atom is 0.241 e. The third kappa shape index (κ3) is 3.30. The Morgan fingerprint density at radius 1 is 1.28 bits per heavy atom. The van der Waals surface area contributed by atoms with Crippen molar-refractivity contribution in [2.24, 2.45) is 11.7 Å². The lowest BCUT2D eigenvalue weighted by Crippen LogP contribution is -2.47. The molecule has 1 aromatic carbocycles. The van der Waals surface area contributed by atoms with Crippen molar-refractivity contribution in [2.75, 3.05) is 0 Å². The molecular weight excluding hydrogens is 252 g/mol. The van der Waals surface area contributed by atoms with E-state index in [2.05, 4.69) is 4.72 Å². The maximum atomic E-state index is 12.2. The molecule has 3 N–H and O–H groups in total. The van der Waals surface area contributed by atoms with Crippen LogP contribution in [0.5, 0.6) is 0 Å². The predicted octanol–water partition coefficient (Wildman–Crippen LogP) is 0.783. The topological polar surface area (TPSA) is 89.3 Å². The van der Waals surface area contributed by atoms with Gasteiger partial charge in [-0.3, -0.25) is 4.79 Å². The molecule has 0 radical (unpaired) electrons. The van der Waals surface area contributed by atoms with Crippen LogP contribution in [0.2, 0.25) is 0 Å². The van der Waals surface area contributed by atoms with Crippen molar-refractivity contribution in [1.82, 2.24) is 4.72 Å². The molecule has 1 amide bonds. The Hall–Kier alpha value is -1.40. The fraction of sp³-hybridized carbons (Fsp3) is 0.417. The van der Waals surface area contributed by atoms with Crippen molar-refractivity contribution < 1.29 is 13.2 Å². The van der Waals surface area contributed by atoms with Crippen molar-refractivity contribution in [2.45, 2.75) is 31.7 Å². The van der Waals surface area contributed by atoms with E-state index < -0.39 is 22.0 Å². The molecule has 0 bridgehead atoms. The number of primary amides is 1. The number of hydrogen-bond donors (Lipinski definition) is 2. The molecule has 1 atom stereocenters. The van der Waals surface area contributed by atoms with Crippen molar-refractivity contribution >= 4 is 15.9 Å². The molecule has 0 saturated heterocycles. The van der Waals surface area contributed by atoms with Crippen molar-refractivity contribution in [1.29, 1.82) is 0 Å². The summed E-state index contributed by atoms with van der Waals surface area (Å²) in [5, 5.41) is 0. The van der Waals surface area contributed by atoms with Gasteiger partial charge >= 0.3 is 0 Å². The van der Waals surface area contributed by atoms with E-state index in [4.69, 9.17) is 5.73 Å². The van der Waals surface area contributed by atoms with Crippen LogP contribution in [-0.2, 0) is 14.8 Å². The number of amides is 1. The molecule has 18 heavy (non-hydrogen) atoms. The van der Waals surface area contributed by atoms with Gasteiger partial charge in [0, 0.05) is 0 Å². The number of aryl methyl sites for hydroxylation is 1. The third-order valence-corrected chi connectivity index (χ3v) is 4.24. The number of sulfonamides is 1. The number of carbonyl (C=O) groups excluding carboxylic acids is 1. The van der Waals surface area contributed by atoms with E-state index in [1.165, 1.54) is 6.07 Å². The lowest BCUT2D eigenvalue weighted by atomic mass is 10.1. The Labute approximate surface area is 107 Å². The second-order valence-electron chi connectivity index (χ2n) is 4.51. The first-order valence-electron chi connectivity index (χ1n) is 5.63. The number of nitrogens with two attached hydrogens (primary N) is 1. The van der Waals surface area contributed by atoms with Crippen LogP contribution in [0.25, 0.3) is 0 Å². The molecule has 100 valence electrons. The summed E-state index contributed by atoms with van der Waals surface area (Å²) >= 11 is 0. The monoisotopic (exact) mass is 270 g/mol. The van der Waals surface area contributed by atoms with E-state index in [1.54, 1.807) is 39.0 Å². The lowest BCUT2D eigenvalue weighted by Gasteiger charge is -2.19. The molecule has 0 aliphatic rings. The van der Waals surface area contributed by atoms with Crippen molar-refractivity contribution in [3.05, 3.63) is 29.8 Å². The van der Waals surface area contributed by atoms with Gasteiger partial charge < -0.3 is 5.73 Å². The van der Waals surface area contributed by atoms with Gasteiger partial charge in [-0.05, 0) is 24.5 Å². The van der Waals surface area contributed by atoms with Crippen LogP contribution in [0, 0.1) is 12.8 Å². The highest BCUT2D eigenvalue weighted by atomic mass is 32.2. The van der Waals surface area contributed by atoms with Gasteiger partial charge in [-0.2, -0.15) is 4.72 Å². The second kappa shape index (κ2) is 5.49. The zero-order valence-electron chi connectivity index (χ0n) is 10.7. The Morgan fingerprint density at radius 3 is 2.28 bits per heavy atom. The van der Waals surface area contributed by atoms with Crippen LogP contribution in [0.3, 0.4) is 0 Å². The SMILES string of the molecule is Cc1ccccc1S(=O)(=O)NC(C(N)=O)C(C)C. The average molecular weight is 270 g/mol. The number of benzene rings is 1. The maximum absolute atomic E-state index is 12.2. The molecule has 0 aromatic heterocycles. The first kappa shape index (κ1) is 14.7. The molecule has 0 saturated carbocycles. The summed E-state index contributed by atoms with van der Waals surface area (Å²) in [6.07, 6.45) is 0. The van der Waals surface area contributed by atoms with Gasteiger partial charge in [0.05, 0.1) is 4.90 Å². The summed E-state index contributed by atoms with van der Waals surface area (Å²) in [6, 6.07) is 5.67. The van der Waals surface area contributed by atoms with Gasteiger partial charge in [0.2, 0.25) is 15.9 Å². The van der Waals surface area contributed by atoms with Crippen molar-refractivity contribution in [3.8, 4) is 0 Å². The Kier molecular flexibility index (Phi) is 4.48. The normalized spacial score (nSPS) is 13.6. The summed E-state index contributed by atoms with van der Waals surface area (Å²) in [5.41, 5.74) is 5.82. The van der Waals surface area contributed by atoms with E-state index in [0.717, 1.165) is 0 Å². The van der Waals surface area contributed by atoms with E-state index in [-0.39, 0.29) is 10.8 Å². The zero-order valence-corrected chi connectivity index (χ0v) is 11.5. The minimum absolute atomic E-state index is 0.164. The zero-order chi connectivity index (χ0) is 13.9. The standard InChI is InChI=1S/C12H18N2O3S/c1-8(2)11(12(13)15)14-18(16,17)10-7-5-4-6-9(10)3/h4-8,11,14H,1-3H3,(H2,13,15). The van der Waals surface area contributed by atoms with Crippen molar-refractivity contribution in [3.63, 3.8) is 0 Å². The third-order valence-electron chi connectivity index (χ3n) is 2.64. The lowest BCUT2D eigenvalue weighted by molar-refractivity contribution is -0.120. The van der Waals surface area contributed by atoms with Crippen LogP contribution in [0.15, 0.2) is 29.2 Å². The average Bonchev–Trinajstić information content (AvgIpc) is 2.25. The molecule has 1 rings (SSSR count).